The van der Waals surface area contributed by atoms with E-state index in [0.29, 0.717) is 6.61 Å². The highest BCUT2D eigenvalue weighted by atomic mass is 16.5. The Morgan fingerprint density at radius 1 is 1.04 bits per heavy atom. The number of ether oxygens (including phenoxy) is 1. The monoisotopic (exact) mass is 339 g/mol. The summed E-state index contributed by atoms with van der Waals surface area (Å²) < 4.78 is 5.85. The standard InChI is InChI=1S/C22H29NO2/c1-22(2,3)23-14-13-20(21(24)15-23)18-9-11-19(12-10-18)25-16-17-7-5-4-6-8-17/h4-12,20-21,24H,13-16H2,1-3H3/t20-,21+/m1/s1. The maximum atomic E-state index is 10.6. The molecule has 2 atom stereocenters. The first-order chi connectivity index (χ1) is 11.9. The molecule has 0 bridgehead atoms. The minimum absolute atomic E-state index is 0.112. The first-order valence-corrected chi connectivity index (χ1v) is 9.13. The molecule has 3 heteroatoms. The molecule has 1 saturated heterocycles. The molecule has 1 N–H and O–H groups in total. The van der Waals surface area contributed by atoms with E-state index in [-0.39, 0.29) is 17.6 Å². The average molecular weight is 339 g/mol. The maximum absolute atomic E-state index is 10.6. The summed E-state index contributed by atoms with van der Waals surface area (Å²) in [5.74, 6) is 1.08. The zero-order valence-corrected chi connectivity index (χ0v) is 15.5. The van der Waals surface area contributed by atoms with E-state index in [4.69, 9.17) is 4.74 Å². The van der Waals surface area contributed by atoms with Crippen molar-refractivity contribution < 1.29 is 9.84 Å². The molecule has 1 heterocycles. The van der Waals surface area contributed by atoms with Crippen LogP contribution in [0.5, 0.6) is 5.75 Å². The van der Waals surface area contributed by atoms with Crippen molar-refractivity contribution in [2.45, 2.75) is 51.4 Å². The predicted octanol–water partition coefficient (Wildman–Crippen LogP) is 4.21. The van der Waals surface area contributed by atoms with Crippen molar-refractivity contribution >= 4 is 0 Å². The zero-order chi connectivity index (χ0) is 17.9. The van der Waals surface area contributed by atoms with E-state index < -0.39 is 0 Å². The number of aliphatic hydroxyl groups excluding tert-OH is 1. The summed E-state index contributed by atoms with van der Waals surface area (Å²) in [5.41, 5.74) is 2.48. The van der Waals surface area contributed by atoms with Crippen molar-refractivity contribution in [2.24, 2.45) is 0 Å². The molecule has 134 valence electrons. The van der Waals surface area contributed by atoms with Crippen LogP contribution < -0.4 is 4.74 Å². The Morgan fingerprint density at radius 2 is 1.72 bits per heavy atom. The fraction of sp³-hybridized carbons (Fsp3) is 0.455. The van der Waals surface area contributed by atoms with Crippen LogP contribution in [0.4, 0.5) is 0 Å². The van der Waals surface area contributed by atoms with Crippen LogP contribution >= 0.6 is 0 Å². The van der Waals surface area contributed by atoms with Crippen molar-refractivity contribution in [1.82, 2.24) is 4.90 Å². The van der Waals surface area contributed by atoms with Gasteiger partial charge in [0.05, 0.1) is 6.10 Å². The summed E-state index contributed by atoms with van der Waals surface area (Å²) in [7, 11) is 0. The van der Waals surface area contributed by atoms with Gasteiger partial charge < -0.3 is 9.84 Å². The SMILES string of the molecule is CC(C)(C)N1CC[C@H](c2ccc(OCc3ccccc3)cc2)[C@@H](O)C1. The zero-order valence-electron chi connectivity index (χ0n) is 15.5. The van der Waals surface area contributed by atoms with E-state index in [1.807, 2.05) is 30.3 Å². The van der Waals surface area contributed by atoms with Crippen molar-refractivity contribution in [3.05, 3.63) is 65.7 Å². The van der Waals surface area contributed by atoms with Crippen molar-refractivity contribution in [1.29, 1.82) is 0 Å². The lowest BCUT2D eigenvalue weighted by Gasteiger charge is -2.43. The summed E-state index contributed by atoms with van der Waals surface area (Å²) in [6.45, 7) is 8.96. The summed E-state index contributed by atoms with van der Waals surface area (Å²) in [6.07, 6.45) is 0.673. The van der Waals surface area contributed by atoms with E-state index >= 15 is 0 Å². The maximum Gasteiger partial charge on any atom is 0.119 e. The number of hydrogen-bond acceptors (Lipinski definition) is 3. The number of nitrogens with zero attached hydrogens (tertiary/aromatic N) is 1. The van der Waals surface area contributed by atoms with Crippen LogP contribution in [-0.4, -0.2) is 34.7 Å². The molecule has 1 aliphatic heterocycles. The van der Waals surface area contributed by atoms with Crippen LogP contribution in [0.3, 0.4) is 0 Å². The number of benzene rings is 2. The minimum atomic E-state index is -0.316. The van der Waals surface area contributed by atoms with Crippen molar-refractivity contribution in [2.75, 3.05) is 13.1 Å². The van der Waals surface area contributed by atoms with E-state index in [9.17, 15) is 5.11 Å². The van der Waals surface area contributed by atoms with E-state index in [1.54, 1.807) is 0 Å². The Hall–Kier alpha value is -1.84. The van der Waals surface area contributed by atoms with Gasteiger partial charge in [-0.3, -0.25) is 4.90 Å². The largest absolute Gasteiger partial charge is 0.489 e. The second-order valence-corrected chi connectivity index (χ2v) is 7.92. The summed E-state index contributed by atoms with van der Waals surface area (Å²) >= 11 is 0. The highest BCUT2D eigenvalue weighted by Crippen LogP contribution is 2.32. The number of piperidine rings is 1. The van der Waals surface area contributed by atoms with Gasteiger partial charge in [0.25, 0.3) is 0 Å². The Balaban J connectivity index is 1.59. The van der Waals surface area contributed by atoms with Crippen LogP contribution in [0.2, 0.25) is 0 Å². The number of β-amino-alcohol motifs (C(OH)–C–C–N with tert-alkyl or cyclic N) is 1. The highest BCUT2D eigenvalue weighted by molar-refractivity contribution is 5.31. The molecule has 0 radical (unpaired) electrons. The Labute approximate surface area is 151 Å². The molecule has 2 aromatic rings. The third-order valence-corrected chi connectivity index (χ3v) is 5.09. The molecule has 0 aromatic heterocycles. The third-order valence-electron chi connectivity index (χ3n) is 5.09. The lowest BCUT2D eigenvalue weighted by Crippen LogP contribution is -2.51. The molecule has 1 fully saturated rings. The molecule has 1 aliphatic rings. The highest BCUT2D eigenvalue weighted by Gasteiger charge is 2.33. The summed E-state index contributed by atoms with van der Waals surface area (Å²) in [5, 5.41) is 10.6. The van der Waals surface area contributed by atoms with Gasteiger partial charge in [-0.1, -0.05) is 42.5 Å². The molecule has 25 heavy (non-hydrogen) atoms. The van der Waals surface area contributed by atoms with Crippen molar-refractivity contribution in [3.8, 4) is 5.75 Å². The molecule has 0 saturated carbocycles. The van der Waals surface area contributed by atoms with Crippen molar-refractivity contribution in [3.63, 3.8) is 0 Å². The van der Waals surface area contributed by atoms with Gasteiger partial charge >= 0.3 is 0 Å². The molecule has 0 unspecified atom stereocenters. The second-order valence-electron chi connectivity index (χ2n) is 7.92. The molecule has 3 nitrogen and oxygen atoms in total. The van der Waals surface area contributed by atoms with Crippen LogP contribution in [0.15, 0.2) is 54.6 Å². The number of aliphatic hydroxyl groups is 1. The second kappa shape index (κ2) is 7.59. The number of rotatable bonds is 4. The minimum Gasteiger partial charge on any atom is -0.489 e. The van der Waals surface area contributed by atoms with E-state index in [0.717, 1.165) is 30.8 Å². The van der Waals surface area contributed by atoms with Gasteiger partial charge in [-0.2, -0.15) is 0 Å². The van der Waals surface area contributed by atoms with Gasteiger partial charge in [0, 0.05) is 18.0 Å². The molecule has 2 aromatic carbocycles. The fourth-order valence-electron chi connectivity index (χ4n) is 3.48. The molecule has 0 aliphatic carbocycles. The van der Waals surface area contributed by atoms with Crippen LogP contribution in [0.1, 0.15) is 44.2 Å². The van der Waals surface area contributed by atoms with E-state index in [1.165, 1.54) is 5.56 Å². The fourth-order valence-corrected chi connectivity index (χ4v) is 3.48. The summed E-state index contributed by atoms with van der Waals surface area (Å²) in [6, 6.07) is 18.4. The number of likely N-dealkylation sites (tertiary alicyclic amines) is 1. The molecular formula is C22H29NO2. The van der Waals surface area contributed by atoms with Gasteiger partial charge in [-0.25, -0.2) is 0 Å². The van der Waals surface area contributed by atoms with E-state index in [2.05, 4.69) is 49.9 Å². The topological polar surface area (TPSA) is 32.7 Å². The molecular weight excluding hydrogens is 310 g/mol. The third kappa shape index (κ3) is 4.62. The molecule has 0 spiro atoms. The molecule has 0 amide bonds. The molecule has 3 rings (SSSR count). The Bertz CT molecular complexity index is 661. The summed E-state index contributed by atoms with van der Waals surface area (Å²) in [4.78, 5) is 2.37. The Kier molecular flexibility index (Phi) is 5.45. The van der Waals surface area contributed by atoms with Gasteiger partial charge in [0.1, 0.15) is 12.4 Å². The number of hydrogen-bond donors (Lipinski definition) is 1. The van der Waals surface area contributed by atoms with Crippen LogP contribution in [0.25, 0.3) is 0 Å². The lowest BCUT2D eigenvalue weighted by molar-refractivity contribution is 0.00792. The van der Waals surface area contributed by atoms with Gasteiger partial charge in [0.15, 0.2) is 0 Å². The smallest absolute Gasteiger partial charge is 0.119 e. The first-order valence-electron chi connectivity index (χ1n) is 9.13. The first kappa shape index (κ1) is 18.0. The van der Waals surface area contributed by atoms with Gasteiger partial charge in [-0.15, -0.1) is 0 Å². The van der Waals surface area contributed by atoms with Gasteiger partial charge in [0.2, 0.25) is 0 Å². The lowest BCUT2D eigenvalue weighted by atomic mass is 9.85. The quantitative estimate of drug-likeness (QED) is 0.905. The Morgan fingerprint density at radius 3 is 2.32 bits per heavy atom. The average Bonchev–Trinajstić information content (AvgIpc) is 2.60. The predicted molar refractivity (Wildman–Crippen MR) is 102 cm³/mol. The van der Waals surface area contributed by atoms with Gasteiger partial charge in [-0.05, 0) is 57.0 Å². The van der Waals surface area contributed by atoms with Crippen LogP contribution in [-0.2, 0) is 6.61 Å². The normalized spacial score (nSPS) is 21.9. The van der Waals surface area contributed by atoms with Crippen LogP contribution in [0, 0.1) is 0 Å².